The molecule has 3 nitrogen and oxygen atoms in total. The lowest BCUT2D eigenvalue weighted by molar-refractivity contribution is 0.0758. The van der Waals surface area contributed by atoms with Gasteiger partial charge in [0.05, 0.1) is 11.7 Å². The Morgan fingerprint density at radius 2 is 2.33 bits per heavy atom. The molecule has 1 fully saturated rings. The number of amides is 1. The zero-order chi connectivity index (χ0) is 13.3. The van der Waals surface area contributed by atoms with Crippen LogP contribution in [0.15, 0.2) is 18.2 Å². The first-order valence-electron chi connectivity index (χ1n) is 5.91. The summed E-state index contributed by atoms with van der Waals surface area (Å²) in [5.74, 6) is -0.862. The third-order valence-corrected chi connectivity index (χ3v) is 3.59. The fraction of sp³-hybridized carbons (Fsp3) is 0.462. The molecule has 1 aliphatic heterocycles. The van der Waals surface area contributed by atoms with Crippen molar-refractivity contribution in [3.8, 4) is 0 Å². The van der Waals surface area contributed by atoms with Crippen LogP contribution in [-0.4, -0.2) is 35.1 Å². The Hall–Kier alpha value is -1.13. The maximum Gasteiger partial charge on any atom is 0.256 e. The molecule has 1 saturated heterocycles. The van der Waals surface area contributed by atoms with Gasteiger partial charge in [-0.1, -0.05) is 11.6 Å². The van der Waals surface area contributed by atoms with Gasteiger partial charge >= 0.3 is 0 Å². The number of benzene rings is 1. The number of hydrogen-bond donors (Lipinski definition) is 1. The highest BCUT2D eigenvalue weighted by Gasteiger charge is 2.30. The smallest absolute Gasteiger partial charge is 0.256 e. The van der Waals surface area contributed by atoms with E-state index in [1.165, 1.54) is 18.2 Å². The highest BCUT2D eigenvalue weighted by molar-refractivity contribution is 6.31. The molecule has 98 valence electrons. The number of likely N-dealkylation sites (tertiary alicyclic amines) is 1. The van der Waals surface area contributed by atoms with Crippen LogP contribution < -0.4 is 0 Å². The second kappa shape index (κ2) is 5.24. The number of hydrogen-bond acceptors (Lipinski definition) is 2. The van der Waals surface area contributed by atoms with Crippen LogP contribution in [0.1, 0.15) is 23.7 Å². The maximum absolute atomic E-state index is 13.6. The topological polar surface area (TPSA) is 40.5 Å². The van der Waals surface area contributed by atoms with Crippen molar-refractivity contribution in [2.24, 2.45) is 5.92 Å². The van der Waals surface area contributed by atoms with E-state index < -0.39 is 11.9 Å². The maximum atomic E-state index is 13.6. The summed E-state index contributed by atoms with van der Waals surface area (Å²) in [5, 5.41) is 9.83. The fourth-order valence-corrected chi connectivity index (χ4v) is 2.37. The largest absolute Gasteiger partial charge is 0.393 e. The monoisotopic (exact) mass is 271 g/mol. The van der Waals surface area contributed by atoms with E-state index >= 15 is 0 Å². The standard InChI is InChI=1S/C13H15ClFNO2/c1-8(17)9-4-5-16(7-9)13(18)11-6-10(14)2-3-12(11)15/h2-3,6,8-9,17H,4-5,7H2,1H3. The van der Waals surface area contributed by atoms with Crippen LogP contribution in [0.3, 0.4) is 0 Å². The van der Waals surface area contributed by atoms with E-state index in [0.29, 0.717) is 18.1 Å². The Morgan fingerprint density at radius 1 is 1.61 bits per heavy atom. The molecule has 2 unspecified atom stereocenters. The quantitative estimate of drug-likeness (QED) is 0.897. The van der Waals surface area contributed by atoms with Crippen molar-refractivity contribution >= 4 is 17.5 Å². The van der Waals surface area contributed by atoms with Gasteiger partial charge in [-0.2, -0.15) is 0 Å². The summed E-state index contributed by atoms with van der Waals surface area (Å²) in [6.45, 7) is 2.71. The number of halogens is 2. The van der Waals surface area contributed by atoms with Crippen LogP contribution in [0.2, 0.25) is 5.02 Å². The number of nitrogens with zero attached hydrogens (tertiary/aromatic N) is 1. The van der Waals surface area contributed by atoms with Gasteiger partial charge in [0.15, 0.2) is 0 Å². The third-order valence-electron chi connectivity index (χ3n) is 3.35. The van der Waals surface area contributed by atoms with Gasteiger partial charge in [-0.05, 0) is 31.5 Å². The van der Waals surface area contributed by atoms with E-state index in [-0.39, 0.29) is 17.4 Å². The third kappa shape index (κ3) is 2.65. The van der Waals surface area contributed by atoms with Gasteiger partial charge in [0.25, 0.3) is 5.91 Å². The van der Waals surface area contributed by atoms with Crippen molar-refractivity contribution in [3.63, 3.8) is 0 Å². The zero-order valence-electron chi connectivity index (χ0n) is 10.1. The van der Waals surface area contributed by atoms with Crippen LogP contribution in [0.5, 0.6) is 0 Å². The molecular formula is C13H15ClFNO2. The van der Waals surface area contributed by atoms with Crippen molar-refractivity contribution in [1.82, 2.24) is 4.90 Å². The Bertz CT molecular complexity index is 464. The Balaban J connectivity index is 2.15. The van der Waals surface area contributed by atoms with Crippen molar-refractivity contribution in [3.05, 3.63) is 34.6 Å². The van der Waals surface area contributed by atoms with Gasteiger partial charge in [-0.15, -0.1) is 0 Å². The molecule has 0 aromatic heterocycles. The molecule has 1 aromatic carbocycles. The lowest BCUT2D eigenvalue weighted by Gasteiger charge is -2.18. The normalized spacial score (nSPS) is 21.1. The average Bonchev–Trinajstić information content (AvgIpc) is 2.81. The first kappa shape index (κ1) is 13.3. The lowest BCUT2D eigenvalue weighted by Crippen LogP contribution is -2.31. The summed E-state index contributed by atoms with van der Waals surface area (Å²) in [5.41, 5.74) is -0.00579. The minimum atomic E-state index is -0.565. The number of rotatable bonds is 2. The minimum Gasteiger partial charge on any atom is -0.393 e. The molecule has 2 atom stereocenters. The van der Waals surface area contributed by atoms with Crippen molar-refractivity contribution < 1.29 is 14.3 Å². The summed E-state index contributed by atoms with van der Waals surface area (Å²) >= 11 is 5.77. The van der Waals surface area contributed by atoms with Gasteiger partial charge in [-0.3, -0.25) is 4.79 Å². The molecule has 2 rings (SSSR count). The van der Waals surface area contributed by atoms with E-state index in [0.717, 1.165) is 6.42 Å². The van der Waals surface area contributed by atoms with Crippen LogP contribution in [0.25, 0.3) is 0 Å². The molecule has 1 N–H and O–H groups in total. The van der Waals surface area contributed by atoms with Gasteiger partial charge in [-0.25, -0.2) is 4.39 Å². The molecule has 1 amide bonds. The van der Waals surface area contributed by atoms with Gasteiger partial charge in [0.2, 0.25) is 0 Å². The molecule has 0 saturated carbocycles. The number of carbonyl (C=O) groups excluding carboxylic acids is 1. The fourth-order valence-electron chi connectivity index (χ4n) is 2.20. The van der Waals surface area contributed by atoms with Crippen LogP contribution in [0.4, 0.5) is 4.39 Å². The van der Waals surface area contributed by atoms with Crippen molar-refractivity contribution in [2.75, 3.05) is 13.1 Å². The predicted molar refractivity (Wildman–Crippen MR) is 67.1 cm³/mol. The molecule has 5 heteroatoms. The zero-order valence-corrected chi connectivity index (χ0v) is 10.8. The van der Waals surface area contributed by atoms with E-state index in [1.807, 2.05) is 0 Å². The lowest BCUT2D eigenvalue weighted by atomic mass is 10.0. The molecule has 1 aromatic rings. The first-order chi connectivity index (χ1) is 8.49. The Labute approximate surface area is 110 Å². The average molecular weight is 272 g/mol. The number of carbonyl (C=O) groups is 1. The van der Waals surface area contributed by atoms with Gasteiger partial charge in [0, 0.05) is 24.0 Å². The van der Waals surface area contributed by atoms with Gasteiger partial charge < -0.3 is 10.0 Å². The Kier molecular flexibility index (Phi) is 3.88. The van der Waals surface area contributed by atoms with Crippen LogP contribution in [0, 0.1) is 11.7 Å². The molecule has 0 bridgehead atoms. The minimum absolute atomic E-state index is 0.00579. The van der Waals surface area contributed by atoms with Crippen molar-refractivity contribution in [1.29, 1.82) is 0 Å². The Morgan fingerprint density at radius 3 is 2.94 bits per heavy atom. The molecular weight excluding hydrogens is 257 g/mol. The SMILES string of the molecule is CC(O)C1CCN(C(=O)c2cc(Cl)ccc2F)C1. The number of aliphatic hydroxyl groups is 1. The van der Waals surface area contributed by atoms with Crippen LogP contribution >= 0.6 is 11.6 Å². The molecule has 0 radical (unpaired) electrons. The summed E-state index contributed by atoms with van der Waals surface area (Å²) in [4.78, 5) is 13.7. The van der Waals surface area contributed by atoms with Gasteiger partial charge in [0.1, 0.15) is 5.82 Å². The summed E-state index contributed by atoms with van der Waals surface area (Å²) in [6, 6.07) is 3.95. The van der Waals surface area contributed by atoms with Crippen molar-refractivity contribution in [2.45, 2.75) is 19.4 Å². The van der Waals surface area contributed by atoms with E-state index in [9.17, 15) is 14.3 Å². The molecule has 0 spiro atoms. The molecule has 1 heterocycles. The highest BCUT2D eigenvalue weighted by atomic mass is 35.5. The summed E-state index contributed by atoms with van der Waals surface area (Å²) < 4.78 is 13.6. The second-order valence-electron chi connectivity index (χ2n) is 4.66. The second-order valence-corrected chi connectivity index (χ2v) is 5.10. The van der Waals surface area contributed by atoms with E-state index in [4.69, 9.17) is 11.6 Å². The number of aliphatic hydroxyl groups excluding tert-OH is 1. The molecule has 18 heavy (non-hydrogen) atoms. The van der Waals surface area contributed by atoms with Crippen LogP contribution in [-0.2, 0) is 0 Å². The predicted octanol–water partition coefficient (Wildman–Crippen LogP) is 2.32. The first-order valence-corrected chi connectivity index (χ1v) is 6.29. The molecule has 1 aliphatic rings. The van der Waals surface area contributed by atoms with E-state index in [1.54, 1.807) is 11.8 Å². The summed E-state index contributed by atoms with van der Waals surface area (Å²) in [7, 11) is 0. The van der Waals surface area contributed by atoms with E-state index in [2.05, 4.69) is 0 Å². The molecule has 0 aliphatic carbocycles. The highest BCUT2D eigenvalue weighted by Crippen LogP contribution is 2.23. The summed E-state index contributed by atoms with van der Waals surface area (Å²) in [6.07, 6.45) is 0.290.